The normalized spacial score (nSPS) is 9.65. The number of likely N-dealkylation sites (N-methyl/N-ethyl adjacent to an activating group) is 1. The average molecular weight is 354 g/mol. The lowest BCUT2D eigenvalue weighted by atomic mass is 10.3. The molecule has 1 heterocycles. The van der Waals surface area contributed by atoms with Gasteiger partial charge in [0.25, 0.3) is 0 Å². The van der Waals surface area contributed by atoms with Crippen molar-refractivity contribution in [1.29, 1.82) is 0 Å². The SMILES string of the molecule is C[N+](C)(C)CCO.I.O=C([O-])c1ccncc1. The summed E-state index contributed by atoms with van der Waals surface area (Å²) in [5.74, 6) is -1.17. The Balaban J connectivity index is 0. The molecule has 1 aromatic rings. The van der Waals surface area contributed by atoms with E-state index < -0.39 is 5.97 Å². The van der Waals surface area contributed by atoms with Gasteiger partial charge < -0.3 is 19.5 Å². The minimum atomic E-state index is -1.17. The molecule has 6 heteroatoms. The fraction of sp³-hybridized carbons (Fsp3) is 0.455. The summed E-state index contributed by atoms with van der Waals surface area (Å²) in [7, 11) is 6.16. The maximum atomic E-state index is 10.1. The summed E-state index contributed by atoms with van der Waals surface area (Å²) in [6, 6.07) is 2.77. The molecule has 0 amide bonds. The van der Waals surface area contributed by atoms with Crippen LogP contribution >= 0.6 is 24.0 Å². The molecule has 0 aromatic carbocycles. The molecule has 0 unspecified atom stereocenters. The summed E-state index contributed by atoms with van der Waals surface area (Å²) in [6.07, 6.45) is 2.82. The second-order valence-electron chi connectivity index (χ2n) is 4.26. The first-order chi connectivity index (χ1) is 7.37. The number of halogens is 1. The van der Waals surface area contributed by atoms with Crippen molar-refractivity contribution >= 4 is 29.9 Å². The van der Waals surface area contributed by atoms with Gasteiger partial charge in [0.15, 0.2) is 0 Å². The third kappa shape index (κ3) is 11.5. The van der Waals surface area contributed by atoms with E-state index >= 15 is 0 Å². The average Bonchev–Trinajstić information content (AvgIpc) is 2.18. The molecule has 0 saturated heterocycles. The third-order valence-electron chi connectivity index (χ3n) is 1.69. The number of aromatic nitrogens is 1. The van der Waals surface area contributed by atoms with E-state index in [0.29, 0.717) is 0 Å². The second-order valence-corrected chi connectivity index (χ2v) is 4.26. The predicted octanol–water partition coefficient (Wildman–Crippen LogP) is -0.252. The van der Waals surface area contributed by atoms with E-state index in [9.17, 15) is 9.90 Å². The lowest BCUT2D eigenvalue weighted by Crippen LogP contribution is -2.36. The van der Waals surface area contributed by atoms with Gasteiger partial charge in [0, 0.05) is 18.0 Å². The fourth-order valence-corrected chi connectivity index (χ4v) is 0.788. The van der Waals surface area contributed by atoms with Crippen molar-refractivity contribution in [3.8, 4) is 0 Å². The maximum absolute atomic E-state index is 10.1. The zero-order valence-electron chi connectivity index (χ0n) is 10.3. The molecule has 0 fully saturated rings. The summed E-state index contributed by atoms with van der Waals surface area (Å²) in [6.45, 7) is 1.11. The number of nitrogens with zero attached hydrogens (tertiary/aromatic N) is 2. The van der Waals surface area contributed by atoms with Crippen molar-refractivity contribution in [3.05, 3.63) is 30.1 Å². The first-order valence-corrected chi connectivity index (χ1v) is 4.89. The molecule has 0 atom stereocenters. The van der Waals surface area contributed by atoms with Crippen molar-refractivity contribution in [2.75, 3.05) is 34.3 Å². The first kappa shape index (κ1) is 18.6. The molecule has 0 saturated carbocycles. The van der Waals surface area contributed by atoms with Crippen LogP contribution in [0.5, 0.6) is 0 Å². The minimum Gasteiger partial charge on any atom is -0.545 e. The van der Waals surface area contributed by atoms with Crippen molar-refractivity contribution in [2.24, 2.45) is 0 Å². The van der Waals surface area contributed by atoms with Crippen molar-refractivity contribution in [1.82, 2.24) is 4.98 Å². The van der Waals surface area contributed by atoms with Gasteiger partial charge in [-0.25, -0.2) is 0 Å². The van der Waals surface area contributed by atoms with Gasteiger partial charge in [-0.2, -0.15) is 0 Å². The lowest BCUT2D eigenvalue weighted by molar-refractivity contribution is -0.870. The van der Waals surface area contributed by atoms with Crippen LogP contribution in [0.25, 0.3) is 0 Å². The Morgan fingerprint density at radius 3 is 2.00 bits per heavy atom. The highest BCUT2D eigenvalue weighted by Gasteiger charge is 2.02. The van der Waals surface area contributed by atoms with E-state index in [2.05, 4.69) is 26.1 Å². The number of hydrogen-bond donors (Lipinski definition) is 1. The van der Waals surface area contributed by atoms with Crippen LogP contribution < -0.4 is 5.11 Å². The fourth-order valence-electron chi connectivity index (χ4n) is 0.788. The molecule has 1 rings (SSSR count). The van der Waals surface area contributed by atoms with Crippen LogP contribution in [0.4, 0.5) is 0 Å². The number of carboxylic acids is 1. The molecule has 5 nitrogen and oxygen atoms in total. The zero-order chi connectivity index (χ0) is 12.6. The number of aliphatic hydroxyl groups excluding tert-OH is 1. The van der Waals surface area contributed by atoms with Crippen molar-refractivity contribution in [3.63, 3.8) is 0 Å². The quantitative estimate of drug-likeness (QED) is 0.600. The Kier molecular flexibility index (Phi) is 10.2. The molecular weight excluding hydrogens is 335 g/mol. The number of hydrogen-bond acceptors (Lipinski definition) is 4. The first-order valence-electron chi connectivity index (χ1n) is 4.89. The van der Waals surface area contributed by atoms with Gasteiger partial charge in [-0.1, -0.05) is 0 Å². The Morgan fingerprint density at radius 1 is 1.35 bits per heavy atom. The van der Waals surface area contributed by atoms with Crippen LogP contribution in [0.2, 0.25) is 0 Å². The predicted molar refractivity (Wildman–Crippen MR) is 74.0 cm³/mol. The standard InChI is InChI=1S/C6H5NO2.C5H14NO.HI/c8-6(9)5-1-3-7-4-2-5;1-6(2,3)4-5-7;/h1-4H,(H,8,9);7H,4-5H2,1-3H3;1H/q;+1;/p-1. The molecule has 0 bridgehead atoms. The molecule has 0 spiro atoms. The van der Waals surface area contributed by atoms with Crippen LogP contribution in [0.3, 0.4) is 0 Å². The number of carbonyl (C=O) groups is 1. The maximum Gasteiger partial charge on any atom is 0.101 e. The zero-order valence-corrected chi connectivity index (χ0v) is 12.6. The molecule has 1 aromatic heterocycles. The molecule has 0 aliphatic carbocycles. The van der Waals surface area contributed by atoms with Crippen LogP contribution in [0.15, 0.2) is 24.5 Å². The number of carbonyl (C=O) groups excluding carboxylic acids is 1. The Morgan fingerprint density at radius 2 is 1.82 bits per heavy atom. The molecule has 1 N–H and O–H groups in total. The van der Waals surface area contributed by atoms with Gasteiger partial charge in [0.05, 0.1) is 33.7 Å². The summed E-state index contributed by atoms with van der Waals surface area (Å²) in [5.41, 5.74) is 0.157. The Hall–Kier alpha value is -0.730. The highest BCUT2D eigenvalue weighted by atomic mass is 127. The Labute approximate surface area is 119 Å². The molecule has 0 aliphatic heterocycles. The number of aliphatic hydroxyl groups is 1. The number of quaternary nitrogens is 1. The highest BCUT2D eigenvalue weighted by molar-refractivity contribution is 14.0. The molecule has 0 radical (unpaired) electrons. The second kappa shape index (κ2) is 9.32. The van der Waals surface area contributed by atoms with E-state index in [1.54, 1.807) is 0 Å². The van der Waals surface area contributed by atoms with Gasteiger partial charge in [0.2, 0.25) is 0 Å². The van der Waals surface area contributed by atoms with Crippen LogP contribution in [0.1, 0.15) is 10.4 Å². The number of aromatic carboxylic acids is 1. The summed E-state index contributed by atoms with van der Waals surface area (Å²) in [5, 5.41) is 18.4. The molecule has 0 aliphatic rings. The van der Waals surface area contributed by atoms with Gasteiger partial charge in [-0.15, -0.1) is 24.0 Å². The van der Waals surface area contributed by atoms with Crippen molar-refractivity contribution < 1.29 is 19.5 Å². The third-order valence-corrected chi connectivity index (χ3v) is 1.69. The van der Waals surface area contributed by atoms with Gasteiger partial charge >= 0.3 is 0 Å². The van der Waals surface area contributed by atoms with E-state index in [0.717, 1.165) is 11.0 Å². The van der Waals surface area contributed by atoms with Crippen LogP contribution in [-0.2, 0) is 0 Å². The van der Waals surface area contributed by atoms with Crippen molar-refractivity contribution in [2.45, 2.75) is 0 Å². The summed E-state index contributed by atoms with van der Waals surface area (Å²) >= 11 is 0. The summed E-state index contributed by atoms with van der Waals surface area (Å²) < 4.78 is 0.844. The number of carboxylic acid groups (broad SMARTS) is 1. The van der Waals surface area contributed by atoms with Crippen LogP contribution in [0, 0.1) is 0 Å². The van der Waals surface area contributed by atoms with E-state index in [1.165, 1.54) is 24.5 Å². The smallest absolute Gasteiger partial charge is 0.101 e. The van der Waals surface area contributed by atoms with Gasteiger partial charge in [-0.05, 0) is 12.1 Å². The Bertz CT molecular complexity index is 312. The van der Waals surface area contributed by atoms with Gasteiger partial charge in [0.1, 0.15) is 6.54 Å². The van der Waals surface area contributed by atoms with Crippen LogP contribution in [-0.4, -0.2) is 54.8 Å². The molecular formula is C11H19IN2O3. The highest BCUT2D eigenvalue weighted by Crippen LogP contribution is 1.91. The van der Waals surface area contributed by atoms with E-state index in [4.69, 9.17) is 5.11 Å². The van der Waals surface area contributed by atoms with E-state index in [1.807, 2.05) is 0 Å². The lowest BCUT2D eigenvalue weighted by Gasteiger charge is -2.21. The number of rotatable bonds is 3. The monoisotopic (exact) mass is 354 g/mol. The molecule has 98 valence electrons. The van der Waals surface area contributed by atoms with E-state index in [-0.39, 0.29) is 36.1 Å². The largest absolute Gasteiger partial charge is 0.545 e. The summed E-state index contributed by atoms with van der Waals surface area (Å²) in [4.78, 5) is 13.7. The topological polar surface area (TPSA) is 73.2 Å². The molecule has 17 heavy (non-hydrogen) atoms. The van der Waals surface area contributed by atoms with Gasteiger partial charge in [-0.3, -0.25) is 4.98 Å². The minimum absolute atomic E-state index is 0. The number of pyridine rings is 1.